The van der Waals surface area contributed by atoms with E-state index in [1.807, 2.05) is 4.90 Å². The van der Waals surface area contributed by atoms with E-state index in [4.69, 9.17) is 4.74 Å². The highest BCUT2D eigenvalue weighted by Gasteiger charge is 2.25. The topological polar surface area (TPSA) is 128 Å². The third-order valence-corrected chi connectivity index (χ3v) is 4.57. The van der Waals surface area contributed by atoms with Crippen LogP contribution in [0, 0.1) is 6.92 Å². The third kappa shape index (κ3) is 6.50. The number of hydrogen-bond donors (Lipinski definition) is 4. The first kappa shape index (κ1) is 21.6. The summed E-state index contributed by atoms with van der Waals surface area (Å²) in [5.74, 6) is -2.02. The van der Waals surface area contributed by atoms with Gasteiger partial charge in [-0.25, -0.2) is 4.79 Å². The highest BCUT2D eigenvalue weighted by atomic mass is 16.5. The molecule has 1 aromatic carbocycles. The average Bonchev–Trinajstić information content (AvgIpc) is 2.64. The Kier molecular flexibility index (Phi) is 7.77. The molecule has 0 radical (unpaired) electrons. The Balaban J connectivity index is 1.88. The quantitative estimate of drug-likeness (QED) is 0.475. The van der Waals surface area contributed by atoms with Gasteiger partial charge in [0.15, 0.2) is 0 Å². The Hall–Kier alpha value is -2.65. The zero-order chi connectivity index (χ0) is 20.7. The van der Waals surface area contributed by atoms with Gasteiger partial charge in [-0.1, -0.05) is 12.1 Å². The molecular weight excluding hydrogens is 366 g/mol. The number of carboxylic acid groups (broad SMARTS) is 1. The van der Waals surface area contributed by atoms with E-state index in [-0.39, 0.29) is 24.6 Å². The number of nitrogens with one attached hydrogen (secondary N) is 2. The lowest BCUT2D eigenvalue weighted by Crippen LogP contribution is -2.53. The number of nitrogens with zero attached hydrogens (tertiary/aromatic N) is 1. The number of carbonyl (C=O) groups excluding carboxylic acids is 2. The summed E-state index contributed by atoms with van der Waals surface area (Å²) < 4.78 is 5.22. The van der Waals surface area contributed by atoms with Crippen LogP contribution in [0.2, 0.25) is 0 Å². The molecule has 0 aliphatic carbocycles. The van der Waals surface area contributed by atoms with Crippen LogP contribution in [-0.4, -0.2) is 77.8 Å². The molecule has 0 spiro atoms. The smallest absolute Gasteiger partial charge is 0.326 e. The minimum Gasteiger partial charge on any atom is -0.508 e. The maximum absolute atomic E-state index is 12.3. The maximum Gasteiger partial charge on any atom is 0.326 e. The zero-order valence-electron chi connectivity index (χ0n) is 16.1. The molecule has 28 heavy (non-hydrogen) atoms. The van der Waals surface area contributed by atoms with Crippen LogP contribution >= 0.6 is 0 Å². The number of morpholine rings is 1. The minimum atomic E-state index is -1.19. The minimum absolute atomic E-state index is 0.0172. The number of rotatable bonds is 8. The summed E-state index contributed by atoms with van der Waals surface area (Å²) in [6.45, 7) is 5.83. The molecule has 1 aromatic rings. The van der Waals surface area contributed by atoms with Gasteiger partial charge in [-0.2, -0.15) is 0 Å². The van der Waals surface area contributed by atoms with Gasteiger partial charge in [0.05, 0.1) is 19.8 Å². The van der Waals surface area contributed by atoms with Gasteiger partial charge in [-0.3, -0.25) is 14.5 Å². The van der Waals surface area contributed by atoms with Crippen molar-refractivity contribution in [3.8, 4) is 5.75 Å². The van der Waals surface area contributed by atoms with Crippen molar-refractivity contribution in [1.82, 2.24) is 15.5 Å². The second-order valence-electron chi connectivity index (χ2n) is 6.90. The first-order valence-electron chi connectivity index (χ1n) is 9.17. The fourth-order valence-electron chi connectivity index (χ4n) is 2.83. The van der Waals surface area contributed by atoms with Crippen LogP contribution < -0.4 is 10.6 Å². The molecule has 1 saturated heterocycles. The summed E-state index contributed by atoms with van der Waals surface area (Å²) in [7, 11) is 0. The number of carbonyl (C=O) groups is 3. The van der Waals surface area contributed by atoms with E-state index in [9.17, 15) is 24.6 Å². The Bertz CT molecular complexity index is 718. The fraction of sp³-hybridized carbons (Fsp3) is 0.526. The van der Waals surface area contributed by atoms with Crippen LogP contribution in [0.25, 0.3) is 0 Å². The van der Waals surface area contributed by atoms with E-state index in [1.54, 1.807) is 19.1 Å². The molecule has 1 aliphatic rings. The number of phenolic OH excluding ortho intramolecular Hbond substituents is 1. The Morgan fingerprint density at radius 2 is 1.89 bits per heavy atom. The molecule has 2 atom stereocenters. The zero-order valence-corrected chi connectivity index (χ0v) is 16.1. The molecule has 0 unspecified atom stereocenters. The lowest BCUT2D eigenvalue weighted by molar-refractivity contribution is -0.142. The summed E-state index contributed by atoms with van der Waals surface area (Å²) in [6, 6.07) is 2.81. The van der Waals surface area contributed by atoms with Crippen LogP contribution in [0.15, 0.2) is 18.2 Å². The number of phenols is 1. The first-order chi connectivity index (χ1) is 13.3. The van der Waals surface area contributed by atoms with Crippen LogP contribution in [0.3, 0.4) is 0 Å². The van der Waals surface area contributed by atoms with E-state index in [0.717, 1.165) is 0 Å². The molecule has 2 amide bonds. The number of aryl methyl sites for hydroxylation is 1. The lowest BCUT2D eigenvalue weighted by atomic mass is 10.0. The Morgan fingerprint density at radius 3 is 2.50 bits per heavy atom. The van der Waals surface area contributed by atoms with Crippen molar-refractivity contribution in [3.63, 3.8) is 0 Å². The Labute approximate surface area is 163 Å². The summed E-state index contributed by atoms with van der Waals surface area (Å²) >= 11 is 0. The van der Waals surface area contributed by atoms with Crippen molar-refractivity contribution in [1.29, 1.82) is 0 Å². The maximum atomic E-state index is 12.3. The molecule has 1 fully saturated rings. The number of aliphatic carboxylic acids is 1. The Morgan fingerprint density at radius 1 is 1.21 bits per heavy atom. The van der Waals surface area contributed by atoms with Gasteiger partial charge in [0.25, 0.3) is 0 Å². The van der Waals surface area contributed by atoms with E-state index in [0.29, 0.717) is 37.4 Å². The molecule has 0 bridgehead atoms. The van der Waals surface area contributed by atoms with Crippen molar-refractivity contribution in [2.45, 2.75) is 32.4 Å². The molecular formula is C19H27N3O6. The summed E-state index contributed by atoms with van der Waals surface area (Å²) in [5.41, 5.74) is 1.26. The predicted molar refractivity (Wildman–Crippen MR) is 101 cm³/mol. The molecule has 0 aromatic heterocycles. The number of amides is 2. The molecule has 2 rings (SSSR count). The van der Waals surface area contributed by atoms with E-state index < -0.39 is 24.0 Å². The molecule has 1 heterocycles. The van der Waals surface area contributed by atoms with Crippen LogP contribution in [-0.2, 0) is 25.5 Å². The summed E-state index contributed by atoms with van der Waals surface area (Å²) in [6.07, 6.45) is 0.0172. The second-order valence-corrected chi connectivity index (χ2v) is 6.90. The van der Waals surface area contributed by atoms with E-state index in [1.165, 1.54) is 13.0 Å². The van der Waals surface area contributed by atoms with Gasteiger partial charge < -0.3 is 25.6 Å². The van der Waals surface area contributed by atoms with Gasteiger partial charge in [-0.05, 0) is 31.0 Å². The number of aromatic hydroxyl groups is 1. The molecule has 0 saturated carbocycles. The molecule has 9 heteroatoms. The summed E-state index contributed by atoms with van der Waals surface area (Å²) in [5, 5.41) is 24.2. The lowest BCUT2D eigenvalue weighted by Gasteiger charge is -2.26. The SMILES string of the molecule is Cc1ccc(C[C@H](NC(=O)[C@H](C)NC(=O)CN2CCOCC2)C(=O)O)cc1O. The van der Waals surface area contributed by atoms with E-state index >= 15 is 0 Å². The molecule has 9 nitrogen and oxygen atoms in total. The van der Waals surface area contributed by atoms with Crippen LogP contribution in [0.4, 0.5) is 0 Å². The van der Waals surface area contributed by atoms with Crippen molar-refractivity contribution >= 4 is 17.8 Å². The number of ether oxygens (including phenoxy) is 1. The number of carboxylic acids is 1. The van der Waals surface area contributed by atoms with Crippen molar-refractivity contribution in [2.75, 3.05) is 32.8 Å². The largest absolute Gasteiger partial charge is 0.508 e. The van der Waals surface area contributed by atoms with Crippen LogP contribution in [0.1, 0.15) is 18.1 Å². The molecule has 4 N–H and O–H groups in total. The molecule has 1 aliphatic heterocycles. The predicted octanol–water partition coefficient (Wildman–Crippen LogP) is -0.351. The fourth-order valence-corrected chi connectivity index (χ4v) is 2.83. The van der Waals surface area contributed by atoms with Gasteiger partial charge in [0, 0.05) is 19.5 Å². The summed E-state index contributed by atoms with van der Waals surface area (Å²) in [4.78, 5) is 37.9. The van der Waals surface area contributed by atoms with Crippen molar-refractivity contribution in [2.24, 2.45) is 0 Å². The second kappa shape index (κ2) is 10.0. The average molecular weight is 393 g/mol. The van der Waals surface area contributed by atoms with Crippen molar-refractivity contribution in [3.05, 3.63) is 29.3 Å². The monoisotopic (exact) mass is 393 g/mol. The highest BCUT2D eigenvalue weighted by molar-refractivity contribution is 5.90. The normalized spacial score (nSPS) is 16.8. The number of hydrogen-bond acceptors (Lipinski definition) is 6. The molecule has 154 valence electrons. The van der Waals surface area contributed by atoms with Gasteiger partial charge in [0.1, 0.15) is 17.8 Å². The van der Waals surface area contributed by atoms with Crippen LogP contribution in [0.5, 0.6) is 5.75 Å². The van der Waals surface area contributed by atoms with Gasteiger partial charge in [0.2, 0.25) is 11.8 Å². The van der Waals surface area contributed by atoms with Crippen molar-refractivity contribution < 1.29 is 29.3 Å². The third-order valence-electron chi connectivity index (χ3n) is 4.57. The highest BCUT2D eigenvalue weighted by Crippen LogP contribution is 2.18. The van der Waals surface area contributed by atoms with Gasteiger partial charge in [-0.15, -0.1) is 0 Å². The number of benzene rings is 1. The standard InChI is InChI=1S/C19H27N3O6/c1-12-3-4-14(10-16(12)23)9-15(19(26)27)21-18(25)13(2)20-17(24)11-22-5-7-28-8-6-22/h3-4,10,13,15,23H,5-9,11H2,1-2H3,(H,20,24)(H,21,25)(H,26,27)/t13-,15-/m0/s1. The van der Waals surface area contributed by atoms with Gasteiger partial charge >= 0.3 is 5.97 Å². The first-order valence-corrected chi connectivity index (χ1v) is 9.17. The van der Waals surface area contributed by atoms with E-state index in [2.05, 4.69) is 10.6 Å².